The van der Waals surface area contributed by atoms with E-state index in [1.165, 1.54) is 0 Å². The van der Waals surface area contributed by atoms with Gasteiger partial charge in [-0.15, -0.1) is 10.2 Å². The topological polar surface area (TPSA) is 90.0 Å². The first-order valence-corrected chi connectivity index (χ1v) is 6.67. The highest BCUT2D eigenvalue weighted by Crippen LogP contribution is 2.14. The molecule has 0 aliphatic carbocycles. The maximum atomic E-state index is 12.4. The Kier molecular flexibility index (Phi) is 3.35. The summed E-state index contributed by atoms with van der Waals surface area (Å²) in [6, 6.07) is 3.23. The number of nitrogens with zero attached hydrogens (tertiary/aromatic N) is 6. The lowest BCUT2D eigenvalue weighted by atomic mass is 10.2. The third-order valence-electron chi connectivity index (χ3n) is 3.19. The Morgan fingerprint density at radius 2 is 2.24 bits per heavy atom. The molecule has 108 valence electrons. The first kappa shape index (κ1) is 13.2. The first-order chi connectivity index (χ1) is 10.2. The summed E-state index contributed by atoms with van der Waals surface area (Å²) >= 11 is 0. The zero-order valence-electron chi connectivity index (χ0n) is 11.8. The molecular weight excluding hydrogens is 270 g/mol. The van der Waals surface area contributed by atoms with Crippen molar-refractivity contribution in [2.24, 2.45) is 0 Å². The zero-order valence-corrected chi connectivity index (χ0v) is 11.8. The molecule has 0 bridgehead atoms. The van der Waals surface area contributed by atoms with Crippen LogP contribution >= 0.6 is 0 Å². The van der Waals surface area contributed by atoms with Crippen LogP contribution in [0.2, 0.25) is 0 Å². The molecule has 8 heteroatoms. The van der Waals surface area contributed by atoms with E-state index in [2.05, 4.69) is 25.6 Å². The number of amides is 1. The molecule has 0 aliphatic rings. The lowest BCUT2D eigenvalue weighted by Gasteiger charge is -2.14. The van der Waals surface area contributed by atoms with Crippen LogP contribution in [0.15, 0.2) is 30.7 Å². The Bertz CT molecular complexity index is 762. The summed E-state index contributed by atoms with van der Waals surface area (Å²) in [7, 11) is 0. The van der Waals surface area contributed by atoms with Gasteiger partial charge >= 0.3 is 0 Å². The second-order valence-electron chi connectivity index (χ2n) is 4.66. The van der Waals surface area contributed by atoms with Gasteiger partial charge in [0.05, 0.1) is 0 Å². The number of aromatic nitrogens is 6. The van der Waals surface area contributed by atoms with Gasteiger partial charge in [0.15, 0.2) is 0 Å². The molecule has 3 rings (SSSR count). The van der Waals surface area contributed by atoms with E-state index in [0.717, 1.165) is 5.69 Å². The van der Waals surface area contributed by atoms with Crippen LogP contribution in [-0.2, 0) is 4.79 Å². The number of anilines is 1. The fourth-order valence-corrected chi connectivity index (χ4v) is 2.11. The summed E-state index contributed by atoms with van der Waals surface area (Å²) in [4.78, 5) is 16.6. The minimum absolute atomic E-state index is 0.184. The summed E-state index contributed by atoms with van der Waals surface area (Å²) in [5.74, 6) is 0.626. The van der Waals surface area contributed by atoms with E-state index in [1.54, 1.807) is 33.7 Å². The molecule has 8 nitrogen and oxygen atoms in total. The molecule has 0 radical (unpaired) electrons. The van der Waals surface area contributed by atoms with Crippen LogP contribution in [0, 0.1) is 6.92 Å². The Morgan fingerprint density at radius 3 is 2.95 bits per heavy atom. The van der Waals surface area contributed by atoms with Gasteiger partial charge in [-0.05, 0) is 25.5 Å². The average Bonchev–Trinajstić information content (AvgIpc) is 3.10. The van der Waals surface area contributed by atoms with Crippen LogP contribution < -0.4 is 5.32 Å². The van der Waals surface area contributed by atoms with Crippen LogP contribution in [-0.4, -0.2) is 35.3 Å². The third-order valence-corrected chi connectivity index (χ3v) is 3.19. The van der Waals surface area contributed by atoms with Crippen molar-refractivity contribution in [1.29, 1.82) is 0 Å². The maximum absolute atomic E-state index is 12.4. The van der Waals surface area contributed by atoms with E-state index in [-0.39, 0.29) is 11.9 Å². The Morgan fingerprint density at radius 1 is 1.38 bits per heavy atom. The molecule has 1 unspecified atom stereocenters. The number of hydrogen-bond donors (Lipinski definition) is 1. The minimum atomic E-state index is -0.384. The fourth-order valence-electron chi connectivity index (χ4n) is 2.11. The molecule has 0 aliphatic heterocycles. The van der Waals surface area contributed by atoms with Crippen molar-refractivity contribution in [2.75, 3.05) is 5.32 Å². The highest BCUT2D eigenvalue weighted by atomic mass is 16.2. The monoisotopic (exact) mass is 285 g/mol. The molecule has 0 spiro atoms. The van der Waals surface area contributed by atoms with Gasteiger partial charge in [-0.2, -0.15) is 5.10 Å². The summed E-state index contributed by atoms with van der Waals surface area (Å²) in [5.41, 5.74) is 0.843. The van der Waals surface area contributed by atoms with Crippen molar-refractivity contribution in [3.05, 3.63) is 36.4 Å². The van der Waals surface area contributed by atoms with Gasteiger partial charge in [-0.1, -0.05) is 6.92 Å². The molecule has 21 heavy (non-hydrogen) atoms. The lowest BCUT2D eigenvalue weighted by molar-refractivity contribution is -0.119. The largest absolute Gasteiger partial charge is 0.292 e. The summed E-state index contributed by atoms with van der Waals surface area (Å²) in [5, 5.41) is 14.8. The zero-order chi connectivity index (χ0) is 14.8. The predicted octanol–water partition coefficient (Wildman–Crippen LogP) is 1.22. The number of hydrogen-bond acceptors (Lipinski definition) is 5. The number of nitrogens with one attached hydrogen (secondary N) is 1. The maximum Gasteiger partial charge on any atom is 0.256 e. The van der Waals surface area contributed by atoms with Crippen LogP contribution in [0.1, 0.15) is 25.1 Å². The van der Waals surface area contributed by atoms with Gasteiger partial charge in [0.25, 0.3) is 11.7 Å². The highest BCUT2D eigenvalue weighted by Gasteiger charge is 2.20. The van der Waals surface area contributed by atoms with Gasteiger partial charge in [0.2, 0.25) is 5.95 Å². The molecule has 3 heterocycles. The van der Waals surface area contributed by atoms with Gasteiger partial charge in [0.1, 0.15) is 6.04 Å². The first-order valence-electron chi connectivity index (χ1n) is 6.67. The molecular formula is C13H15N7O. The quantitative estimate of drug-likeness (QED) is 0.778. The van der Waals surface area contributed by atoms with Gasteiger partial charge in [-0.3, -0.25) is 19.2 Å². The second-order valence-corrected chi connectivity index (χ2v) is 4.66. The molecule has 0 saturated heterocycles. The molecule has 0 saturated carbocycles. The minimum Gasteiger partial charge on any atom is -0.292 e. The van der Waals surface area contributed by atoms with E-state index in [1.807, 2.05) is 19.9 Å². The molecule has 3 aromatic rings. The summed E-state index contributed by atoms with van der Waals surface area (Å²) in [6.45, 7) is 3.80. The average molecular weight is 285 g/mol. The number of fused-ring (bicyclic) bond motifs is 1. The van der Waals surface area contributed by atoms with Crippen molar-refractivity contribution in [3.63, 3.8) is 0 Å². The van der Waals surface area contributed by atoms with E-state index >= 15 is 0 Å². The van der Waals surface area contributed by atoms with Crippen LogP contribution in [0.3, 0.4) is 0 Å². The van der Waals surface area contributed by atoms with Crippen molar-refractivity contribution in [1.82, 2.24) is 29.4 Å². The Hall–Kier alpha value is -2.77. The van der Waals surface area contributed by atoms with Gasteiger partial charge in [-0.25, -0.2) is 4.98 Å². The summed E-state index contributed by atoms with van der Waals surface area (Å²) < 4.78 is 3.27. The molecule has 3 aromatic heterocycles. The number of aryl methyl sites for hydroxylation is 1. The smallest absolute Gasteiger partial charge is 0.256 e. The number of rotatable bonds is 4. The van der Waals surface area contributed by atoms with Gasteiger partial charge < -0.3 is 0 Å². The van der Waals surface area contributed by atoms with Crippen molar-refractivity contribution >= 4 is 17.6 Å². The van der Waals surface area contributed by atoms with Crippen LogP contribution in [0.25, 0.3) is 5.78 Å². The Balaban J connectivity index is 1.86. The SMILES string of the molecule is CCC(C(=O)Nc1nnc2nc(C)ccn12)n1cccn1. The third kappa shape index (κ3) is 2.47. The van der Waals surface area contributed by atoms with Crippen molar-refractivity contribution in [2.45, 2.75) is 26.3 Å². The second kappa shape index (κ2) is 5.31. The molecule has 0 fully saturated rings. The van der Waals surface area contributed by atoms with E-state index < -0.39 is 0 Å². The Labute approximate surface area is 120 Å². The number of carbonyl (C=O) groups excluding carboxylic acids is 1. The number of carbonyl (C=O) groups is 1. The highest BCUT2D eigenvalue weighted by molar-refractivity contribution is 5.92. The van der Waals surface area contributed by atoms with Crippen molar-refractivity contribution in [3.8, 4) is 0 Å². The van der Waals surface area contributed by atoms with E-state index in [9.17, 15) is 4.79 Å². The summed E-state index contributed by atoms with van der Waals surface area (Å²) in [6.07, 6.45) is 5.82. The lowest BCUT2D eigenvalue weighted by Crippen LogP contribution is -2.26. The van der Waals surface area contributed by atoms with Crippen LogP contribution in [0.4, 0.5) is 5.95 Å². The van der Waals surface area contributed by atoms with E-state index in [4.69, 9.17) is 0 Å². The van der Waals surface area contributed by atoms with Crippen LogP contribution in [0.5, 0.6) is 0 Å². The molecule has 1 amide bonds. The fraction of sp³-hybridized carbons (Fsp3) is 0.308. The molecule has 1 N–H and O–H groups in total. The normalized spacial score (nSPS) is 12.5. The van der Waals surface area contributed by atoms with Gasteiger partial charge in [0, 0.05) is 24.3 Å². The standard InChI is InChI=1S/C13H15N7O/c1-3-10(20-7-4-6-14-20)11(21)16-13-18-17-12-15-9(2)5-8-19(12)13/h4-8,10H,3H2,1-2H3,(H,16,18,21). The van der Waals surface area contributed by atoms with E-state index in [0.29, 0.717) is 18.1 Å². The van der Waals surface area contributed by atoms with Crippen molar-refractivity contribution < 1.29 is 4.79 Å². The predicted molar refractivity (Wildman–Crippen MR) is 75.7 cm³/mol. The molecule has 0 aromatic carbocycles. The molecule has 1 atom stereocenters.